The van der Waals surface area contributed by atoms with Gasteiger partial charge in [-0.05, 0) is 18.6 Å². The van der Waals surface area contributed by atoms with Crippen molar-refractivity contribution >= 4 is 50.7 Å². The van der Waals surface area contributed by atoms with E-state index >= 15 is 0 Å². The second kappa shape index (κ2) is 10.2. The molecule has 4 aromatic rings. The van der Waals surface area contributed by atoms with E-state index in [1.54, 1.807) is 0 Å². The average molecular weight is 504 g/mol. The minimum atomic E-state index is -1.50. The van der Waals surface area contributed by atoms with Crippen molar-refractivity contribution in [3.8, 4) is 0 Å². The molecule has 190 valence electrons. The maximum absolute atomic E-state index is 13.0. The molecule has 0 radical (unpaired) electrons. The van der Waals surface area contributed by atoms with Gasteiger partial charge in [0.2, 0.25) is 0 Å². The maximum atomic E-state index is 13.0. The molecule has 1 aliphatic heterocycles. The fourth-order valence-electron chi connectivity index (χ4n) is 4.59. The van der Waals surface area contributed by atoms with E-state index in [-0.39, 0.29) is 17.8 Å². The van der Waals surface area contributed by atoms with Crippen LogP contribution in [0.25, 0.3) is 33.0 Å². The summed E-state index contributed by atoms with van der Waals surface area (Å²) < 4.78 is 4.05. The van der Waals surface area contributed by atoms with Gasteiger partial charge in [0.25, 0.3) is 16.9 Å². The van der Waals surface area contributed by atoms with E-state index in [1.807, 2.05) is 72.5 Å². The van der Waals surface area contributed by atoms with Crippen LogP contribution in [-0.2, 0) is 23.2 Å². The zero-order valence-electron chi connectivity index (χ0n) is 19.9. The molecule has 2 aromatic heterocycles. The number of aryl methyl sites for hydroxylation is 2. The van der Waals surface area contributed by atoms with E-state index in [2.05, 4.69) is 14.9 Å². The average Bonchev–Trinajstić information content (AvgIpc) is 3.47. The van der Waals surface area contributed by atoms with Crippen molar-refractivity contribution in [3.63, 3.8) is 0 Å². The van der Waals surface area contributed by atoms with E-state index in [9.17, 15) is 9.59 Å². The molecule has 0 aliphatic carbocycles. The number of aromatic nitrogens is 2. The number of nitrogens with one attached hydrogen (secondary N) is 1. The van der Waals surface area contributed by atoms with Crippen molar-refractivity contribution < 1.29 is 19.9 Å². The van der Waals surface area contributed by atoms with Gasteiger partial charge in [-0.3, -0.25) is 19.9 Å². The van der Waals surface area contributed by atoms with E-state index in [0.29, 0.717) is 24.2 Å². The number of carbonyl (C=O) groups excluding carboxylic acids is 2. The van der Waals surface area contributed by atoms with Crippen LogP contribution >= 0.6 is 0 Å². The zero-order chi connectivity index (χ0) is 26.7. The van der Waals surface area contributed by atoms with Crippen molar-refractivity contribution in [1.29, 1.82) is 0 Å². The standard InChI is InChI=1S/C25H24N6O2.HNO3/c1-30-13-17(15-7-2-4-9-19(15)30)21-22(24(33)29-23(21)32)18-14-31(12-6-11-28-25(26)27)20-10-5-3-8-16(18)20;2-1(3)4/h2-5,7-10,13-14H,6,11-12H2,1H3,(H4,26,27,28)(H,29,32,33);(H,2,3,4). The molecule has 0 spiro atoms. The first-order chi connectivity index (χ1) is 17.7. The minimum absolute atomic E-state index is 0.0686. The minimum Gasteiger partial charge on any atom is -0.370 e. The molecule has 3 heterocycles. The Morgan fingerprint density at radius 2 is 1.49 bits per heavy atom. The van der Waals surface area contributed by atoms with Gasteiger partial charge in [-0.2, -0.15) is 0 Å². The molecule has 0 fully saturated rings. The summed E-state index contributed by atoms with van der Waals surface area (Å²) in [7, 11) is 1.93. The first-order valence-corrected chi connectivity index (χ1v) is 11.3. The summed E-state index contributed by atoms with van der Waals surface area (Å²) in [4.78, 5) is 38.5. The Hall–Kier alpha value is -5.13. The number of rotatable bonds is 6. The van der Waals surface area contributed by atoms with Gasteiger partial charge in [-0.15, -0.1) is 10.1 Å². The highest BCUT2D eigenvalue weighted by atomic mass is 16.9. The van der Waals surface area contributed by atoms with Gasteiger partial charge in [-0.1, -0.05) is 36.4 Å². The Bertz CT molecular complexity index is 1590. The number of guanidine groups is 1. The Kier molecular flexibility index (Phi) is 6.91. The van der Waals surface area contributed by atoms with Crippen LogP contribution in [0.1, 0.15) is 17.5 Å². The van der Waals surface area contributed by atoms with Crippen molar-refractivity contribution in [2.75, 3.05) is 6.54 Å². The maximum Gasteiger partial charge on any atom is 0.291 e. The SMILES string of the molecule is Cn1cc(C2=C(c3cn(CCCN=C(N)N)c4ccccc34)C(=O)NC2=O)c2ccccc21.O=[N+]([O-])O. The molecular formula is C25H25N7O5. The lowest BCUT2D eigenvalue weighted by Crippen LogP contribution is -2.23. The lowest BCUT2D eigenvalue weighted by Gasteiger charge is -2.03. The van der Waals surface area contributed by atoms with Crippen LogP contribution in [0.3, 0.4) is 0 Å². The number of nitrogens with two attached hydrogens (primary N) is 2. The summed E-state index contributed by atoms with van der Waals surface area (Å²) in [5, 5.41) is 18.0. The number of benzene rings is 2. The second-order valence-corrected chi connectivity index (χ2v) is 8.36. The Morgan fingerprint density at radius 1 is 0.973 bits per heavy atom. The molecular weight excluding hydrogens is 478 g/mol. The van der Waals surface area contributed by atoms with Crippen LogP contribution in [0, 0.1) is 10.1 Å². The summed E-state index contributed by atoms with van der Waals surface area (Å²) in [6, 6.07) is 15.7. The zero-order valence-corrected chi connectivity index (χ0v) is 19.9. The predicted molar refractivity (Wildman–Crippen MR) is 139 cm³/mol. The fourth-order valence-corrected chi connectivity index (χ4v) is 4.59. The predicted octanol–water partition coefficient (Wildman–Crippen LogP) is 2.02. The highest BCUT2D eigenvalue weighted by Gasteiger charge is 2.35. The summed E-state index contributed by atoms with van der Waals surface area (Å²) in [5.74, 6) is -0.693. The molecule has 2 aromatic carbocycles. The molecule has 5 rings (SSSR count). The number of hydrogen-bond acceptors (Lipinski definition) is 5. The number of imide groups is 1. The molecule has 1 aliphatic rings. The topological polar surface area (TPSA) is 184 Å². The molecule has 0 saturated carbocycles. The van der Waals surface area contributed by atoms with E-state index in [0.717, 1.165) is 39.4 Å². The fraction of sp³-hybridized carbons (Fsp3) is 0.160. The van der Waals surface area contributed by atoms with Gasteiger partial charge in [0.15, 0.2) is 5.96 Å². The monoisotopic (exact) mass is 503 g/mol. The lowest BCUT2D eigenvalue weighted by molar-refractivity contribution is -0.742. The van der Waals surface area contributed by atoms with Gasteiger partial charge >= 0.3 is 0 Å². The summed E-state index contributed by atoms with van der Waals surface area (Å²) in [5.41, 5.74) is 15.1. The summed E-state index contributed by atoms with van der Waals surface area (Å²) in [6.45, 7) is 1.18. The Morgan fingerprint density at radius 3 is 2.08 bits per heavy atom. The van der Waals surface area contributed by atoms with Crippen LogP contribution in [0.5, 0.6) is 0 Å². The number of amides is 2. The largest absolute Gasteiger partial charge is 0.370 e. The molecule has 0 atom stereocenters. The van der Waals surface area contributed by atoms with Crippen molar-refractivity contribution in [2.24, 2.45) is 23.5 Å². The molecule has 0 bridgehead atoms. The molecule has 37 heavy (non-hydrogen) atoms. The molecule has 2 amide bonds. The van der Waals surface area contributed by atoms with Gasteiger partial charge in [0.05, 0.1) is 11.1 Å². The van der Waals surface area contributed by atoms with E-state index in [1.165, 1.54) is 0 Å². The molecule has 0 unspecified atom stereocenters. The molecule has 12 heteroatoms. The normalized spacial score (nSPS) is 13.0. The van der Waals surface area contributed by atoms with Crippen LogP contribution in [-0.4, -0.2) is 43.7 Å². The van der Waals surface area contributed by atoms with Crippen LogP contribution in [0.4, 0.5) is 0 Å². The number of hydrogen-bond donors (Lipinski definition) is 4. The van der Waals surface area contributed by atoms with Crippen molar-refractivity contribution in [3.05, 3.63) is 82.2 Å². The first-order valence-electron chi connectivity index (χ1n) is 11.3. The van der Waals surface area contributed by atoms with Crippen LogP contribution in [0.15, 0.2) is 65.9 Å². The third-order valence-electron chi connectivity index (χ3n) is 6.01. The third kappa shape index (κ3) is 4.98. The van der Waals surface area contributed by atoms with Gasteiger partial charge in [-0.25, -0.2) is 0 Å². The first kappa shape index (κ1) is 25.0. The van der Waals surface area contributed by atoms with Crippen molar-refractivity contribution in [1.82, 2.24) is 14.5 Å². The number of para-hydroxylation sites is 2. The number of nitrogens with zero attached hydrogens (tertiary/aromatic N) is 4. The van der Waals surface area contributed by atoms with E-state index < -0.39 is 5.09 Å². The molecule has 0 saturated heterocycles. The number of aliphatic imine (C=N–C) groups is 1. The van der Waals surface area contributed by atoms with Gasteiger partial charge in [0, 0.05) is 65.5 Å². The summed E-state index contributed by atoms with van der Waals surface area (Å²) in [6.07, 6.45) is 4.59. The quantitative estimate of drug-likeness (QED) is 0.0774. The third-order valence-corrected chi connectivity index (χ3v) is 6.01. The van der Waals surface area contributed by atoms with E-state index in [4.69, 9.17) is 26.8 Å². The highest BCUT2D eigenvalue weighted by molar-refractivity contribution is 6.50. The molecule has 12 nitrogen and oxygen atoms in total. The van der Waals surface area contributed by atoms with Gasteiger partial charge in [0.1, 0.15) is 0 Å². The number of fused-ring (bicyclic) bond motifs is 2. The van der Waals surface area contributed by atoms with Crippen LogP contribution < -0.4 is 16.8 Å². The summed E-state index contributed by atoms with van der Waals surface area (Å²) >= 11 is 0. The Balaban J connectivity index is 0.000000747. The smallest absolute Gasteiger partial charge is 0.291 e. The highest BCUT2D eigenvalue weighted by Crippen LogP contribution is 2.38. The van der Waals surface area contributed by atoms with Crippen LogP contribution in [0.2, 0.25) is 0 Å². The Labute approximate surface area is 210 Å². The number of carbonyl (C=O) groups is 2. The second-order valence-electron chi connectivity index (χ2n) is 8.36. The lowest BCUT2D eigenvalue weighted by atomic mass is 9.95. The van der Waals surface area contributed by atoms with Crippen molar-refractivity contribution in [2.45, 2.75) is 13.0 Å². The van der Waals surface area contributed by atoms with Gasteiger partial charge < -0.3 is 25.8 Å². The molecule has 6 N–H and O–H groups in total.